The van der Waals surface area contributed by atoms with E-state index in [4.69, 9.17) is 10.2 Å². The van der Waals surface area contributed by atoms with Gasteiger partial charge in [0.15, 0.2) is 0 Å². The van der Waals surface area contributed by atoms with Gasteiger partial charge < -0.3 is 15.1 Å². The van der Waals surface area contributed by atoms with Crippen LogP contribution >= 0.6 is 0 Å². The third kappa shape index (κ3) is 1.85. The van der Waals surface area contributed by atoms with Crippen molar-refractivity contribution < 1.29 is 19.4 Å². The van der Waals surface area contributed by atoms with E-state index in [1.807, 2.05) is 0 Å². The molecule has 1 heterocycles. The number of hydrogen-bond acceptors (Lipinski definition) is 2. The van der Waals surface area contributed by atoms with Gasteiger partial charge in [0.05, 0.1) is 6.10 Å². The summed E-state index contributed by atoms with van der Waals surface area (Å²) in [5.41, 5.74) is 0. The summed E-state index contributed by atoms with van der Waals surface area (Å²) in [4.78, 5) is 11.6. The van der Waals surface area contributed by atoms with Gasteiger partial charge in [-0.1, -0.05) is 0 Å². The first-order valence-electron chi connectivity index (χ1n) is 3.87. The Labute approximate surface area is 69.6 Å². The molecule has 0 radical (unpaired) electrons. The van der Waals surface area contributed by atoms with Crippen LogP contribution in [0.2, 0.25) is 0 Å². The number of rotatable bonds is 2. The summed E-state index contributed by atoms with van der Waals surface area (Å²) in [7, 11) is 0. The van der Waals surface area contributed by atoms with Crippen molar-refractivity contribution in [2.24, 2.45) is 5.92 Å². The van der Waals surface area contributed by atoms with Gasteiger partial charge in [0.2, 0.25) is 0 Å². The van der Waals surface area contributed by atoms with Crippen molar-refractivity contribution in [1.29, 1.82) is 0 Å². The normalized spacial score (nSPS) is 25.8. The van der Waals surface area contributed by atoms with Crippen molar-refractivity contribution in [3.05, 3.63) is 0 Å². The fourth-order valence-corrected chi connectivity index (χ4v) is 1.40. The van der Waals surface area contributed by atoms with E-state index in [1.54, 1.807) is 0 Å². The first-order valence-corrected chi connectivity index (χ1v) is 3.87. The molecule has 5 heteroatoms. The smallest absolute Gasteiger partial charge is 0.407 e. The summed E-state index contributed by atoms with van der Waals surface area (Å²) >= 11 is 0. The molecule has 2 atom stereocenters. The average molecular weight is 177 g/mol. The second-order valence-electron chi connectivity index (χ2n) is 3.00. The third-order valence-electron chi connectivity index (χ3n) is 2.20. The lowest BCUT2D eigenvalue weighted by Crippen LogP contribution is -2.30. The molecule has 12 heavy (non-hydrogen) atoms. The number of aliphatic hydroxyl groups excluding tert-OH is 1. The molecule has 0 saturated carbocycles. The SMILES string of the molecule is O=C(O)N1CC[C@H](C(O)CF)C1. The lowest BCUT2D eigenvalue weighted by atomic mass is 10.0. The first-order chi connectivity index (χ1) is 5.65. The molecule has 70 valence electrons. The highest BCUT2D eigenvalue weighted by Crippen LogP contribution is 2.19. The summed E-state index contributed by atoms with van der Waals surface area (Å²) in [6, 6.07) is 0. The van der Waals surface area contributed by atoms with E-state index >= 15 is 0 Å². The second kappa shape index (κ2) is 3.71. The molecule has 0 aromatic heterocycles. The molecule has 4 nitrogen and oxygen atoms in total. The minimum absolute atomic E-state index is 0.230. The molecule has 1 aliphatic heterocycles. The molecule has 1 aliphatic rings. The maximum absolute atomic E-state index is 12.0. The molecule has 0 bridgehead atoms. The standard InChI is InChI=1S/C7H12FNO3/c8-3-6(10)5-1-2-9(4-5)7(11)12/h5-6,10H,1-4H2,(H,11,12)/t5-,6?/m0/s1. The zero-order valence-corrected chi connectivity index (χ0v) is 6.61. The van der Waals surface area contributed by atoms with Gasteiger partial charge in [-0.15, -0.1) is 0 Å². The third-order valence-corrected chi connectivity index (χ3v) is 2.20. The molecule has 0 spiro atoms. The van der Waals surface area contributed by atoms with Crippen LogP contribution in [-0.4, -0.2) is 47.1 Å². The highest BCUT2D eigenvalue weighted by molar-refractivity contribution is 5.65. The number of nitrogens with zero attached hydrogens (tertiary/aromatic N) is 1. The highest BCUT2D eigenvalue weighted by atomic mass is 19.1. The van der Waals surface area contributed by atoms with Gasteiger partial charge >= 0.3 is 6.09 Å². The van der Waals surface area contributed by atoms with Crippen LogP contribution in [0.5, 0.6) is 0 Å². The predicted octanol–water partition coefficient (Wildman–Crippen LogP) is 0.317. The van der Waals surface area contributed by atoms with Crippen molar-refractivity contribution in [1.82, 2.24) is 4.90 Å². The Morgan fingerprint density at radius 1 is 1.75 bits per heavy atom. The Balaban J connectivity index is 2.40. The molecular weight excluding hydrogens is 165 g/mol. The van der Waals surface area contributed by atoms with Gasteiger partial charge in [0.25, 0.3) is 0 Å². The number of hydrogen-bond donors (Lipinski definition) is 2. The van der Waals surface area contributed by atoms with Gasteiger partial charge in [0, 0.05) is 19.0 Å². The van der Waals surface area contributed by atoms with E-state index in [1.165, 1.54) is 4.90 Å². The fraction of sp³-hybridized carbons (Fsp3) is 0.857. The second-order valence-corrected chi connectivity index (χ2v) is 3.00. The summed E-state index contributed by atoms with van der Waals surface area (Å²) in [5, 5.41) is 17.6. The summed E-state index contributed by atoms with van der Waals surface area (Å²) in [6.45, 7) is -0.143. The van der Waals surface area contributed by atoms with Gasteiger partial charge in [-0.25, -0.2) is 9.18 Å². The van der Waals surface area contributed by atoms with Crippen LogP contribution in [0.25, 0.3) is 0 Å². The number of carboxylic acid groups (broad SMARTS) is 1. The van der Waals surface area contributed by atoms with Crippen LogP contribution < -0.4 is 0 Å². The number of likely N-dealkylation sites (tertiary alicyclic amines) is 1. The maximum Gasteiger partial charge on any atom is 0.407 e. The minimum Gasteiger partial charge on any atom is -0.465 e. The molecule has 0 aromatic carbocycles. The van der Waals surface area contributed by atoms with Gasteiger partial charge in [-0.2, -0.15) is 0 Å². The molecule has 1 fully saturated rings. The number of alkyl halides is 1. The van der Waals surface area contributed by atoms with E-state index in [2.05, 4.69) is 0 Å². The van der Waals surface area contributed by atoms with Gasteiger partial charge in [-0.05, 0) is 6.42 Å². The van der Waals surface area contributed by atoms with Crippen molar-refractivity contribution in [3.63, 3.8) is 0 Å². The van der Waals surface area contributed by atoms with Crippen molar-refractivity contribution in [2.45, 2.75) is 12.5 Å². The Bertz CT molecular complexity index is 176. The molecule has 2 N–H and O–H groups in total. The largest absolute Gasteiger partial charge is 0.465 e. The number of amides is 1. The summed E-state index contributed by atoms with van der Waals surface area (Å²) < 4.78 is 12.0. The van der Waals surface area contributed by atoms with E-state index in [0.29, 0.717) is 13.0 Å². The van der Waals surface area contributed by atoms with Crippen molar-refractivity contribution in [3.8, 4) is 0 Å². The molecule has 0 aliphatic carbocycles. The van der Waals surface area contributed by atoms with E-state index < -0.39 is 18.9 Å². The Hall–Kier alpha value is -0.840. The van der Waals surface area contributed by atoms with Crippen LogP contribution in [0.15, 0.2) is 0 Å². The molecule has 1 rings (SSSR count). The summed E-state index contributed by atoms with van der Waals surface area (Å²) in [6.07, 6.45) is -1.45. The highest BCUT2D eigenvalue weighted by Gasteiger charge is 2.30. The molecule has 1 amide bonds. The van der Waals surface area contributed by atoms with E-state index in [0.717, 1.165) is 0 Å². The molecule has 1 saturated heterocycles. The quantitative estimate of drug-likeness (QED) is 0.638. The Morgan fingerprint density at radius 2 is 2.42 bits per heavy atom. The Kier molecular flexibility index (Phi) is 2.86. The van der Waals surface area contributed by atoms with Crippen LogP contribution in [0.3, 0.4) is 0 Å². The first kappa shape index (κ1) is 9.25. The topological polar surface area (TPSA) is 60.8 Å². The van der Waals surface area contributed by atoms with E-state index in [9.17, 15) is 9.18 Å². The van der Waals surface area contributed by atoms with Crippen LogP contribution in [0, 0.1) is 5.92 Å². The van der Waals surface area contributed by atoms with Crippen LogP contribution in [0.1, 0.15) is 6.42 Å². The lowest BCUT2D eigenvalue weighted by Gasteiger charge is -2.14. The maximum atomic E-state index is 12.0. The fourth-order valence-electron chi connectivity index (χ4n) is 1.40. The zero-order valence-electron chi connectivity index (χ0n) is 6.61. The predicted molar refractivity (Wildman–Crippen MR) is 39.7 cm³/mol. The van der Waals surface area contributed by atoms with Gasteiger partial charge in [0.1, 0.15) is 6.67 Å². The van der Waals surface area contributed by atoms with Crippen molar-refractivity contribution >= 4 is 6.09 Å². The number of aliphatic hydroxyl groups is 1. The molecule has 1 unspecified atom stereocenters. The molecular formula is C7H12FNO3. The van der Waals surface area contributed by atoms with Crippen LogP contribution in [-0.2, 0) is 0 Å². The Morgan fingerprint density at radius 3 is 2.83 bits per heavy atom. The van der Waals surface area contributed by atoms with Gasteiger partial charge in [-0.3, -0.25) is 0 Å². The lowest BCUT2D eigenvalue weighted by molar-refractivity contribution is 0.0825. The number of halogens is 1. The summed E-state index contributed by atoms with van der Waals surface area (Å²) in [5.74, 6) is -0.230. The monoisotopic (exact) mass is 177 g/mol. The van der Waals surface area contributed by atoms with E-state index in [-0.39, 0.29) is 12.5 Å². The minimum atomic E-state index is -1.01. The molecule has 0 aromatic rings. The zero-order chi connectivity index (χ0) is 9.14. The number of carbonyl (C=O) groups is 1. The van der Waals surface area contributed by atoms with Crippen LogP contribution in [0.4, 0.5) is 9.18 Å². The van der Waals surface area contributed by atoms with Crippen molar-refractivity contribution in [2.75, 3.05) is 19.8 Å². The average Bonchev–Trinajstić information content (AvgIpc) is 2.51.